The zero-order valence-corrected chi connectivity index (χ0v) is 18.5. The summed E-state index contributed by atoms with van der Waals surface area (Å²) >= 11 is 0.782. The highest BCUT2D eigenvalue weighted by molar-refractivity contribution is 7.92. The molecule has 2 aromatic heterocycles. The van der Waals surface area contributed by atoms with Crippen molar-refractivity contribution in [1.82, 2.24) is 13.5 Å². The van der Waals surface area contributed by atoms with Crippen molar-refractivity contribution in [3.63, 3.8) is 0 Å². The van der Waals surface area contributed by atoms with E-state index >= 15 is 0 Å². The van der Waals surface area contributed by atoms with Gasteiger partial charge in [0, 0.05) is 20.3 Å². The normalized spacial score (nSPS) is 12.3. The number of carbonyl (C=O) groups is 1. The van der Waals surface area contributed by atoms with Crippen LogP contribution in [-0.4, -0.2) is 55.5 Å². The third-order valence-corrected chi connectivity index (χ3v) is 8.34. The number of hydrogen-bond acceptors (Lipinski definition) is 7. The number of sulfonamides is 1. The average Bonchev–Trinajstić information content (AvgIpc) is 3.28. The number of carboxylic acids is 1. The number of benzene rings is 1. The van der Waals surface area contributed by atoms with Gasteiger partial charge in [-0.15, -0.1) is 11.3 Å². The van der Waals surface area contributed by atoms with Gasteiger partial charge in [-0.2, -0.15) is 21.9 Å². The van der Waals surface area contributed by atoms with Crippen LogP contribution in [0.1, 0.15) is 15.2 Å². The van der Waals surface area contributed by atoms with Gasteiger partial charge in [0.05, 0.1) is 15.5 Å². The van der Waals surface area contributed by atoms with Crippen molar-refractivity contribution in [3.8, 4) is 10.6 Å². The zero-order chi connectivity index (χ0) is 22.3. The van der Waals surface area contributed by atoms with E-state index in [0.29, 0.717) is 10.4 Å². The van der Waals surface area contributed by atoms with Gasteiger partial charge in [-0.1, -0.05) is 18.2 Å². The first kappa shape index (κ1) is 22.0. The second-order valence-electron chi connectivity index (χ2n) is 6.39. The van der Waals surface area contributed by atoms with Crippen molar-refractivity contribution in [3.05, 3.63) is 53.0 Å². The Bertz CT molecular complexity index is 1320. The van der Waals surface area contributed by atoms with Crippen molar-refractivity contribution in [1.29, 1.82) is 0 Å². The molecule has 1 aromatic carbocycles. The summed E-state index contributed by atoms with van der Waals surface area (Å²) in [5.41, 5.74) is 0.565. The summed E-state index contributed by atoms with van der Waals surface area (Å²) in [6.45, 7) is 1.63. The molecule has 2 heterocycles. The summed E-state index contributed by atoms with van der Waals surface area (Å²) in [7, 11) is -5.17. The lowest BCUT2D eigenvalue weighted by Crippen LogP contribution is -2.29. The molecule has 0 aliphatic carbocycles. The predicted molar refractivity (Wildman–Crippen MR) is 112 cm³/mol. The largest absolute Gasteiger partial charge is 0.477 e. The lowest BCUT2D eigenvalue weighted by atomic mass is 10.2. The Balaban J connectivity index is 2.03. The first-order valence-corrected chi connectivity index (χ1v) is 12.1. The van der Waals surface area contributed by atoms with E-state index in [0.717, 1.165) is 19.7 Å². The van der Waals surface area contributed by atoms with Crippen LogP contribution in [-0.2, 0) is 20.2 Å². The SMILES string of the molecule is Cc1ccccc1S(=O)(=O)Nc1cc(-c2ccn(S(=O)(=O)N(C)C)n2)sc1C(=O)O. The Labute approximate surface area is 177 Å². The number of anilines is 1. The Kier molecular flexibility index (Phi) is 5.73. The van der Waals surface area contributed by atoms with Gasteiger partial charge in [-0.05, 0) is 30.7 Å². The average molecular weight is 471 g/mol. The molecule has 3 rings (SSSR count). The predicted octanol–water partition coefficient (Wildman–Crippen LogP) is 2.07. The maximum Gasteiger partial charge on any atom is 0.348 e. The molecule has 2 N–H and O–H groups in total. The van der Waals surface area contributed by atoms with Gasteiger partial charge in [-0.3, -0.25) is 4.72 Å². The monoisotopic (exact) mass is 470 g/mol. The van der Waals surface area contributed by atoms with Gasteiger partial charge < -0.3 is 5.11 Å². The highest BCUT2D eigenvalue weighted by Gasteiger charge is 2.25. The summed E-state index contributed by atoms with van der Waals surface area (Å²) in [6, 6.07) is 9.02. The molecule has 0 spiro atoms. The van der Waals surface area contributed by atoms with Gasteiger partial charge in [0.2, 0.25) is 0 Å². The topological polar surface area (TPSA) is 139 Å². The standard InChI is InChI=1S/C17H18N4O6S3/c1-11-6-4-5-7-15(11)29(24,25)19-13-10-14(28-16(13)17(22)23)12-8-9-21(18-12)30(26,27)20(2)3/h4-10,19H,1-3H3,(H,22,23). The lowest BCUT2D eigenvalue weighted by Gasteiger charge is -2.10. The third kappa shape index (κ3) is 4.09. The van der Waals surface area contributed by atoms with Crippen LogP contribution in [0, 0.1) is 6.92 Å². The molecule has 160 valence electrons. The molecule has 10 nitrogen and oxygen atoms in total. The molecule has 0 atom stereocenters. The van der Waals surface area contributed by atoms with Gasteiger partial charge in [0.15, 0.2) is 0 Å². The molecule has 30 heavy (non-hydrogen) atoms. The molecule has 0 bridgehead atoms. The van der Waals surface area contributed by atoms with Crippen molar-refractivity contribution < 1.29 is 26.7 Å². The fraction of sp³-hybridized carbons (Fsp3) is 0.176. The first-order chi connectivity index (χ1) is 13.9. The summed E-state index contributed by atoms with van der Waals surface area (Å²) in [6.07, 6.45) is 1.22. The molecule has 0 aliphatic heterocycles. The molecule has 0 radical (unpaired) electrons. The number of thiophene rings is 1. The number of nitrogens with zero attached hydrogens (tertiary/aromatic N) is 3. The Morgan fingerprint density at radius 2 is 1.83 bits per heavy atom. The zero-order valence-electron chi connectivity index (χ0n) is 16.1. The van der Waals surface area contributed by atoms with Gasteiger partial charge in [-0.25, -0.2) is 13.2 Å². The number of aromatic nitrogens is 2. The Hall–Kier alpha value is -2.74. The van der Waals surface area contributed by atoms with Crippen LogP contribution in [0.25, 0.3) is 10.6 Å². The number of nitrogens with one attached hydrogen (secondary N) is 1. The van der Waals surface area contributed by atoms with E-state index in [1.54, 1.807) is 25.1 Å². The van der Waals surface area contributed by atoms with E-state index in [9.17, 15) is 26.7 Å². The summed E-state index contributed by atoms with van der Waals surface area (Å²) in [5.74, 6) is -1.32. The number of hydrogen-bond donors (Lipinski definition) is 2. The maximum absolute atomic E-state index is 12.7. The van der Waals surface area contributed by atoms with Crippen molar-refractivity contribution in [2.45, 2.75) is 11.8 Å². The highest BCUT2D eigenvalue weighted by atomic mass is 32.2. The van der Waals surface area contributed by atoms with E-state index in [2.05, 4.69) is 9.82 Å². The van der Waals surface area contributed by atoms with Crippen LogP contribution in [0.3, 0.4) is 0 Å². The molecule has 0 fully saturated rings. The van der Waals surface area contributed by atoms with Crippen molar-refractivity contribution in [2.24, 2.45) is 0 Å². The minimum Gasteiger partial charge on any atom is -0.477 e. The minimum atomic E-state index is -4.03. The number of aryl methyl sites for hydroxylation is 1. The fourth-order valence-electron chi connectivity index (χ4n) is 2.54. The van der Waals surface area contributed by atoms with Crippen LogP contribution in [0.2, 0.25) is 0 Å². The van der Waals surface area contributed by atoms with Crippen LogP contribution >= 0.6 is 11.3 Å². The lowest BCUT2D eigenvalue weighted by molar-refractivity contribution is 0.0703. The maximum atomic E-state index is 12.7. The summed E-state index contributed by atoms with van der Waals surface area (Å²) in [5, 5.41) is 13.5. The van der Waals surface area contributed by atoms with Crippen LogP contribution in [0.4, 0.5) is 5.69 Å². The highest BCUT2D eigenvalue weighted by Crippen LogP contribution is 2.35. The Morgan fingerprint density at radius 3 is 2.43 bits per heavy atom. The van der Waals surface area contributed by atoms with E-state index in [-0.39, 0.29) is 21.2 Å². The van der Waals surface area contributed by atoms with Crippen LogP contribution in [0.15, 0.2) is 47.5 Å². The van der Waals surface area contributed by atoms with Gasteiger partial charge in [0.25, 0.3) is 10.0 Å². The molecule has 0 amide bonds. The van der Waals surface area contributed by atoms with E-state index in [4.69, 9.17) is 0 Å². The summed E-state index contributed by atoms with van der Waals surface area (Å²) < 4.78 is 53.9. The van der Waals surface area contributed by atoms with Crippen LogP contribution < -0.4 is 4.72 Å². The molecule has 0 saturated carbocycles. The van der Waals surface area contributed by atoms with E-state index in [1.165, 1.54) is 38.5 Å². The summed E-state index contributed by atoms with van der Waals surface area (Å²) in [4.78, 5) is 11.7. The molecule has 0 saturated heterocycles. The second-order valence-corrected chi connectivity index (χ2v) is 11.1. The van der Waals surface area contributed by atoms with Crippen molar-refractivity contribution in [2.75, 3.05) is 18.8 Å². The van der Waals surface area contributed by atoms with E-state index < -0.39 is 26.2 Å². The number of carboxylic acid groups (broad SMARTS) is 1. The van der Waals surface area contributed by atoms with Gasteiger partial charge >= 0.3 is 16.2 Å². The fourth-order valence-corrected chi connectivity index (χ4v) is 5.58. The molecule has 0 unspecified atom stereocenters. The molecule has 0 aliphatic rings. The number of aromatic carboxylic acids is 1. The third-order valence-electron chi connectivity index (χ3n) is 4.07. The first-order valence-electron chi connectivity index (χ1n) is 8.38. The minimum absolute atomic E-state index is 0.0236. The molecule has 13 heteroatoms. The molecule has 3 aromatic rings. The van der Waals surface area contributed by atoms with Crippen LogP contribution in [0.5, 0.6) is 0 Å². The van der Waals surface area contributed by atoms with Gasteiger partial charge in [0.1, 0.15) is 10.6 Å². The number of rotatable bonds is 7. The second kappa shape index (κ2) is 7.83. The Morgan fingerprint density at radius 1 is 1.17 bits per heavy atom. The molecular weight excluding hydrogens is 452 g/mol. The van der Waals surface area contributed by atoms with E-state index in [1.807, 2.05) is 0 Å². The molecular formula is C17H18N4O6S3. The van der Waals surface area contributed by atoms with Crippen molar-refractivity contribution >= 4 is 43.2 Å². The quantitative estimate of drug-likeness (QED) is 0.539. The smallest absolute Gasteiger partial charge is 0.348 e.